The summed E-state index contributed by atoms with van der Waals surface area (Å²) < 4.78 is 22.3. The minimum Gasteiger partial charge on any atom is -0.256 e. The number of pyridine rings is 1. The molecule has 2 aromatic carbocycles. The van der Waals surface area contributed by atoms with Crippen LogP contribution >= 0.6 is 0 Å². The number of nitrogens with zero attached hydrogens (tertiary/aromatic N) is 1. The minimum absolute atomic E-state index is 0.355. The molecule has 0 saturated heterocycles. The molecule has 0 unspecified atom stereocenters. The molecule has 0 atom stereocenters. The van der Waals surface area contributed by atoms with Crippen LogP contribution in [-0.4, -0.2) is 4.98 Å². The van der Waals surface area contributed by atoms with Gasteiger partial charge in [-0.1, -0.05) is 60.2 Å². The highest BCUT2D eigenvalue weighted by Gasteiger charge is 2.02. The van der Waals surface area contributed by atoms with E-state index in [1.54, 1.807) is 18.3 Å². The zero-order valence-electron chi connectivity index (χ0n) is 13.4. The van der Waals surface area contributed by atoms with E-state index in [0.29, 0.717) is 5.56 Å². The summed E-state index contributed by atoms with van der Waals surface area (Å²) in [7, 11) is 0. The van der Waals surface area contributed by atoms with Crippen molar-refractivity contribution in [3.8, 4) is 22.4 Å². The average Bonchev–Trinajstić information content (AvgIpc) is 2.55. The maximum atomic E-state index is 7.42. The van der Waals surface area contributed by atoms with Gasteiger partial charge < -0.3 is 0 Å². The van der Waals surface area contributed by atoms with Crippen LogP contribution in [0.5, 0.6) is 0 Å². The van der Waals surface area contributed by atoms with Crippen molar-refractivity contribution in [3.63, 3.8) is 0 Å². The van der Waals surface area contributed by atoms with Gasteiger partial charge in [0.1, 0.15) is 0 Å². The summed E-state index contributed by atoms with van der Waals surface area (Å²) in [4.78, 5) is 4.40. The van der Waals surface area contributed by atoms with Crippen molar-refractivity contribution in [1.29, 1.82) is 0 Å². The number of aryl methyl sites for hydroxylation is 1. The second-order valence-corrected chi connectivity index (χ2v) is 4.37. The van der Waals surface area contributed by atoms with Gasteiger partial charge in [-0.25, -0.2) is 0 Å². The lowest BCUT2D eigenvalue weighted by Crippen LogP contribution is -1.85. The van der Waals surface area contributed by atoms with Crippen LogP contribution in [0, 0.1) is 6.85 Å². The molecule has 0 aliphatic carbocycles. The van der Waals surface area contributed by atoms with Gasteiger partial charge in [-0.15, -0.1) is 0 Å². The molecular formula is C18H15N. The largest absolute Gasteiger partial charge is 0.256 e. The molecule has 1 heterocycles. The molecule has 1 aromatic heterocycles. The maximum absolute atomic E-state index is 7.42. The van der Waals surface area contributed by atoms with Crippen LogP contribution in [-0.2, 0) is 0 Å². The minimum atomic E-state index is -2.06. The molecule has 0 spiro atoms. The second kappa shape index (κ2) is 5.07. The van der Waals surface area contributed by atoms with Crippen molar-refractivity contribution in [2.75, 3.05) is 0 Å². The highest BCUT2D eigenvalue weighted by atomic mass is 14.7. The van der Waals surface area contributed by atoms with E-state index in [1.807, 2.05) is 54.6 Å². The molecule has 0 aliphatic heterocycles. The van der Waals surface area contributed by atoms with Gasteiger partial charge in [0.05, 0.1) is 5.69 Å². The fourth-order valence-corrected chi connectivity index (χ4v) is 2.04. The van der Waals surface area contributed by atoms with Gasteiger partial charge in [0.25, 0.3) is 0 Å². The Morgan fingerprint density at radius 2 is 1.58 bits per heavy atom. The fraction of sp³-hybridized carbons (Fsp3) is 0.0556. The molecule has 3 rings (SSSR count). The van der Waals surface area contributed by atoms with Gasteiger partial charge in [0.2, 0.25) is 0 Å². The van der Waals surface area contributed by atoms with Crippen LogP contribution in [0.1, 0.15) is 9.68 Å². The number of benzene rings is 2. The number of hydrogen-bond acceptors (Lipinski definition) is 1. The molecule has 1 nitrogen and oxygen atoms in total. The van der Waals surface area contributed by atoms with Crippen molar-refractivity contribution in [2.24, 2.45) is 0 Å². The van der Waals surface area contributed by atoms with E-state index in [9.17, 15) is 0 Å². The fourth-order valence-electron chi connectivity index (χ4n) is 2.04. The average molecular weight is 248 g/mol. The summed E-state index contributed by atoms with van der Waals surface area (Å²) in [6.45, 7) is -2.06. The van der Waals surface area contributed by atoms with Gasteiger partial charge in [-0.3, -0.25) is 4.98 Å². The Morgan fingerprint density at radius 3 is 2.32 bits per heavy atom. The quantitative estimate of drug-likeness (QED) is 0.639. The lowest BCUT2D eigenvalue weighted by Gasteiger charge is -2.05. The summed E-state index contributed by atoms with van der Waals surface area (Å²) in [6, 6.07) is 20.9. The molecule has 92 valence electrons. The van der Waals surface area contributed by atoms with Crippen LogP contribution in [0.4, 0.5) is 0 Å². The third-order valence-corrected chi connectivity index (χ3v) is 3.05. The molecule has 0 amide bonds. The van der Waals surface area contributed by atoms with Crippen molar-refractivity contribution >= 4 is 0 Å². The number of rotatable bonds is 2. The van der Waals surface area contributed by atoms with Gasteiger partial charge in [-0.05, 0) is 30.1 Å². The summed E-state index contributed by atoms with van der Waals surface area (Å²) in [6.07, 6.45) is 1.77. The highest BCUT2D eigenvalue weighted by molar-refractivity contribution is 5.70. The van der Waals surface area contributed by atoms with Gasteiger partial charge in [0, 0.05) is 15.9 Å². The number of hydrogen-bond donors (Lipinski definition) is 0. The standard InChI is InChI=1S/C18H15N/c1-14-7-9-15(10-8-14)17-11-12-19-18(13-17)16-5-3-2-4-6-16/h2-13H,1H3/i1D3. The Bertz CT molecular complexity index is 762. The monoisotopic (exact) mass is 248 g/mol. The molecule has 19 heavy (non-hydrogen) atoms. The van der Waals surface area contributed by atoms with E-state index < -0.39 is 6.85 Å². The first-order valence-corrected chi connectivity index (χ1v) is 6.16. The molecule has 0 aliphatic rings. The molecular weight excluding hydrogens is 230 g/mol. The van der Waals surface area contributed by atoms with Crippen LogP contribution in [0.3, 0.4) is 0 Å². The lowest BCUT2D eigenvalue weighted by molar-refractivity contribution is 1.32. The predicted molar refractivity (Wildman–Crippen MR) is 79.8 cm³/mol. The van der Waals surface area contributed by atoms with Crippen molar-refractivity contribution in [1.82, 2.24) is 4.98 Å². The Hall–Kier alpha value is -2.41. The van der Waals surface area contributed by atoms with E-state index in [-0.39, 0.29) is 0 Å². The first-order chi connectivity index (χ1) is 10.5. The Kier molecular flexibility index (Phi) is 2.31. The smallest absolute Gasteiger partial charge is 0.0708 e. The van der Waals surface area contributed by atoms with E-state index in [1.165, 1.54) is 0 Å². The summed E-state index contributed by atoms with van der Waals surface area (Å²) in [5, 5.41) is 0. The third kappa shape index (κ3) is 2.55. The third-order valence-electron chi connectivity index (χ3n) is 3.05. The summed E-state index contributed by atoms with van der Waals surface area (Å²) in [5.41, 5.74) is 4.31. The Balaban J connectivity index is 1.96. The zero-order chi connectivity index (χ0) is 15.6. The van der Waals surface area contributed by atoms with Crippen molar-refractivity contribution in [3.05, 3.63) is 78.5 Å². The SMILES string of the molecule is [2H]C([2H])([2H])c1ccc(-c2ccnc(-c3ccccc3)c2)cc1. The van der Waals surface area contributed by atoms with E-state index in [4.69, 9.17) is 4.11 Å². The molecule has 3 aromatic rings. The normalized spacial score (nSPS) is 13.4. The topological polar surface area (TPSA) is 12.9 Å². The van der Waals surface area contributed by atoms with Crippen molar-refractivity contribution in [2.45, 2.75) is 6.85 Å². The zero-order valence-corrected chi connectivity index (χ0v) is 10.4. The molecule has 0 bridgehead atoms. The summed E-state index contributed by atoms with van der Waals surface area (Å²) in [5.74, 6) is 0. The van der Waals surface area contributed by atoms with Gasteiger partial charge in [-0.2, -0.15) is 0 Å². The molecule has 0 fully saturated rings. The molecule has 0 N–H and O–H groups in total. The molecule has 0 saturated carbocycles. The van der Waals surface area contributed by atoms with Crippen LogP contribution in [0.15, 0.2) is 72.9 Å². The first kappa shape index (κ1) is 8.65. The predicted octanol–water partition coefficient (Wildman–Crippen LogP) is 4.72. The van der Waals surface area contributed by atoms with E-state index in [2.05, 4.69) is 4.98 Å². The number of aromatic nitrogens is 1. The van der Waals surface area contributed by atoms with Crippen LogP contribution < -0.4 is 0 Å². The van der Waals surface area contributed by atoms with Crippen LogP contribution in [0.25, 0.3) is 22.4 Å². The first-order valence-electron chi connectivity index (χ1n) is 7.66. The van der Waals surface area contributed by atoms with E-state index >= 15 is 0 Å². The Morgan fingerprint density at radius 1 is 0.789 bits per heavy atom. The maximum Gasteiger partial charge on any atom is 0.0708 e. The molecule has 0 radical (unpaired) electrons. The summed E-state index contributed by atoms with van der Waals surface area (Å²) >= 11 is 0. The van der Waals surface area contributed by atoms with Crippen LogP contribution in [0.2, 0.25) is 0 Å². The Labute approximate surface area is 117 Å². The van der Waals surface area contributed by atoms with E-state index in [0.717, 1.165) is 22.4 Å². The van der Waals surface area contributed by atoms with Gasteiger partial charge in [0.15, 0.2) is 0 Å². The second-order valence-electron chi connectivity index (χ2n) is 4.37. The van der Waals surface area contributed by atoms with Gasteiger partial charge >= 0.3 is 0 Å². The molecule has 1 heteroatoms. The highest BCUT2D eigenvalue weighted by Crippen LogP contribution is 2.24. The van der Waals surface area contributed by atoms with Crippen molar-refractivity contribution < 1.29 is 4.11 Å². The lowest BCUT2D eigenvalue weighted by atomic mass is 10.0.